The molecule has 2 fully saturated rings. The molecule has 0 saturated carbocycles. The van der Waals surface area contributed by atoms with Crippen LogP contribution in [0.3, 0.4) is 0 Å². The quantitative estimate of drug-likeness (QED) is 0.698. The van der Waals surface area contributed by atoms with Gasteiger partial charge in [-0.25, -0.2) is 0 Å². The second-order valence-electron chi connectivity index (χ2n) is 6.19. The number of hydrogen-bond acceptors (Lipinski definition) is 3. The molecule has 0 aromatic rings. The third-order valence-corrected chi connectivity index (χ3v) is 4.59. The third-order valence-electron chi connectivity index (χ3n) is 4.59. The normalized spacial score (nSPS) is 23.8. The van der Waals surface area contributed by atoms with Gasteiger partial charge in [0.2, 0.25) is 0 Å². The molecule has 0 aromatic carbocycles. The van der Waals surface area contributed by atoms with Crippen LogP contribution < -0.4 is 5.32 Å². The van der Waals surface area contributed by atoms with E-state index in [0.29, 0.717) is 0 Å². The van der Waals surface area contributed by atoms with Crippen LogP contribution in [0, 0.1) is 5.92 Å². The molecular formula is C15H31N3. The molecule has 3 heteroatoms. The maximum absolute atomic E-state index is 3.63. The van der Waals surface area contributed by atoms with Crippen molar-refractivity contribution in [3.63, 3.8) is 0 Å². The fourth-order valence-corrected chi connectivity index (χ4v) is 3.22. The highest BCUT2D eigenvalue weighted by Gasteiger charge is 2.15. The van der Waals surface area contributed by atoms with Gasteiger partial charge < -0.3 is 15.1 Å². The summed E-state index contributed by atoms with van der Waals surface area (Å²) in [5.41, 5.74) is 0. The minimum atomic E-state index is 0.979. The fourth-order valence-electron chi connectivity index (χ4n) is 3.22. The highest BCUT2D eigenvalue weighted by Crippen LogP contribution is 2.18. The Labute approximate surface area is 113 Å². The molecule has 0 aromatic heterocycles. The third kappa shape index (κ3) is 5.25. The van der Waals surface area contributed by atoms with Gasteiger partial charge in [0.25, 0.3) is 0 Å². The summed E-state index contributed by atoms with van der Waals surface area (Å²) in [6, 6.07) is 0. The SMILES string of the molecule is CN1CCC(CCNCCCN2CCCC2)CC1. The predicted octanol–water partition coefficient (Wildman–Crippen LogP) is 1.79. The summed E-state index contributed by atoms with van der Waals surface area (Å²) in [4.78, 5) is 5.07. The standard InChI is InChI=1S/C15H31N3/c1-17-13-6-15(7-14-17)5-9-16-8-4-12-18-10-2-3-11-18/h15-16H,2-14H2,1H3. The summed E-state index contributed by atoms with van der Waals surface area (Å²) in [5.74, 6) is 0.979. The molecule has 2 saturated heterocycles. The van der Waals surface area contributed by atoms with E-state index < -0.39 is 0 Å². The predicted molar refractivity (Wildman–Crippen MR) is 78.0 cm³/mol. The maximum atomic E-state index is 3.63. The molecule has 2 rings (SSSR count). The average molecular weight is 253 g/mol. The summed E-state index contributed by atoms with van der Waals surface area (Å²) >= 11 is 0. The molecule has 0 aliphatic carbocycles. The monoisotopic (exact) mass is 253 g/mol. The van der Waals surface area contributed by atoms with Crippen LogP contribution in [0.15, 0.2) is 0 Å². The summed E-state index contributed by atoms with van der Waals surface area (Å²) in [5, 5.41) is 3.63. The van der Waals surface area contributed by atoms with Gasteiger partial charge in [-0.1, -0.05) is 0 Å². The van der Waals surface area contributed by atoms with E-state index in [-0.39, 0.29) is 0 Å². The Morgan fingerprint density at radius 3 is 2.44 bits per heavy atom. The number of nitrogens with one attached hydrogen (secondary N) is 1. The Balaban J connectivity index is 1.39. The molecule has 106 valence electrons. The second-order valence-corrected chi connectivity index (χ2v) is 6.19. The second kappa shape index (κ2) is 8.13. The fraction of sp³-hybridized carbons (Fsp3) is 1.00. The molecule has 0 unspecified atom stereocenters. The van der Waals surface area contributed by atoms with Crippen LogP contribution in [0.2, 0.25) is 0 Å². The van der Waals surface area contributed by atoms with Gasteiger partial charge in [0.15, 0.2) is 0 Å². The topological polar surface area (TPSA) is 18.5 Å². The zero-order chi connectivity index (χ0) is 12.6. The van der Waals surface area contributed by atoms with Crippen molar-refractivity contribution in [3.05, 3.63) is 0 Å². The first-order valence-electron chi connectivity index (χ1n) is 7.96. The number of likely N-dealkylation sites (tertiary alicyclic amines) is 2. The van der Waals surface area contributed by atoms with Crippen molar-refractivity contribution < 1.29 is 0 Å². The van der Waals surface area contributed by atoms with Crippen LogP contribution >= 0.6 is 0 Å². The lowest BCUT2D eigenvalue weighted by atomic mass is 9.94. The lowest BCUT2D eigenvalue weighted by molar-refractivity contribution is 0.211. The van der Waals surface area contributed by atoms with E-state index in [0.717, 1.165) is 5.92 Å². The van der Waals surface area contributed by atoms with E-state index in [2.05, 4.69) is 22.2 Å². The van der Waals surface area contributed by atoms with Crippen LogP contribution in [0.1, 0.15) is 38.5 Å². The molecule has 0 atom stereocenters. The number of nitrogens with zero attached hydrogens (tertiary/aromatic N) is 2. The van der Waals surface area contributed by atoms with Crippen LogP contribution in [0.5, 0.6) is 0 Å². The van der Waals surface area contributed by atoms with Gasteiger partial charge in [-0.3, -0.25) is 0 Å². The Hall–Kier alpha value is -0.120. The molecule has 3 nitrogen and oxygen atoms in total. The van der Waals surface area contributed by atoms with E-state index in [9.17, 15) is 0 Å². The van der Waals surface area contributed by atoms with E-state index in [1.165, 1.54) is 84.3 Å². The molecule has 2 aliphatic rings. The highest BCUT2D eigenvalue weighted by molar-refractivity contribution is 4.71. The highest BCUT2D eigenvalue weighted by atomic mass is 15.1. The summed E-state index contributed by atoms with van der Waals surface area (Å²) in [6.07, 6.45) is 8.37. The minimum Gasteiger partial charge on any atom is -0.317 e. The Morgan fingerprint density at radius 1 is 1.00 bits per heavy atom. The van der Waals surface area contributed by atoms with E-state index >= 15 is 0 Å². The Morgan fingerprint density at radius 2 is 1.72 bits per heavy atom. The summed E-state index contributed by atoms with van der Waals surface area (Å²) in [7, 11) is 2.24. The lowest BCUT2D eigenvalue weighted by Crippen LogP contribution is -2.32. The molecule has 18 heavy (non-hydrogen) atoms. The number of hydrogen-bond donors (Lipinski definition) is 1. The molecule has 0 bridgehead atoms. The van der Waals surface area contributed by atoms with Crippen LogP contribution in [0.25, 0.3) is 0 Å². The van der Waals surface area contributed by atoms with E-state index in [4.69, 9.17) is 0 Å². The van der Waals surface area contributed by atoms with Gasteiger partial charge in [0, 0.05) is 0 Å². The van der Waals surface area contributed by atoms with Crippen molar-refractivity contribution in [1.82, 2.24) is 15.1 Å². The molecule has 0 spiro atoms. The van der Waals surface area contributed by atoms with Crippen molar-refractivity contribution in [1.29, 1.82) is 0 Å². The lowest BCUT2D eigenvalue weighted by Gasteiger charge is -2.28. The largest absolute Gasteiger partial charge is 0.317 e. The Kier molecular flexibility index (Phi) is 6.46. The van der Waals surface area contributed by atoms with Gasteiger partial charge >= 0.3 is 0 Å². The molecule has 2 aliphatic heterocycles. The molecule has 2 heterocycles. The van der Waals surface area contributed by atoms with E-state index in [1.807, 2.05) is 0 Å². The van der Waals surface area contributed by atoms with Crippen molar-refractivity contribution >= 4 is 0 Å². The number of piperidine rings is 1. The van der Waals surface area contributed by atoms with Crippen molar-refractivity contribution in [2.24, 2.45) is 5.92 Å². The number of rotatable bonds is 7. The zero-order valence-electron chi connectivity index (χ0n) is 12.2. The Bertz CT molecular complexity index is 206. The zero-order valence-corrected chi connectivity index (χ0v) is 12.2. The van der Waals surface area contributed by atoms with E-state index in [1.54, 1.807) is 0 Å². The molecule has 0 radical (unpaired) electrons. The van der Waals surface area contributed by atoms with Gasteiger partial charge in [-0.05, 0) is 97.3 Å². The minimum absolute atomic E-state index is 0.979. The summed E-state index contributed by atoms with van der Waals surface area (Å²) < 4.78 is 0. The molecule has 1 N–H and O–H groups in total. The first-order chi connectivity index (χ1) is 8.84. The van der Waals surface area contributed by atoms with Crippen molar-refractivity contribution in [3.8, 4) is 0 Å². The first kappa shape index (κ1) is 14.3. The van der Waals surface area contributed by atoms with Gasteiger partial charge in [0.05, 0.1) is 0 Å². The molecule has 0 amide bonds. The van der Waals surface area contributed by atoms with Crippen LogP contribution in [-0.2, 0) is 0 Å². The molecular weight excluding hydrogens is 222 g/mol. The summed E-state index contributed by atoms with van der Waals surface area (Å²) in [6.45, 7) is 9.04. The van der Waals surface area contributed by atoms with Gasteiger partial charge in [-0.2, -0.15) is 0 Å². The van der Waals surface area contributed by atoms with Crippen molar-refractivity contribution in [2.45, 2.75) is 38.5 Å². The van der Waals surface area contributed by atoms with Crippen LogP contribution in [-0.4, -0.2) is 62.7 Å². The van der Waals surface area contributed by atoms with Crippen LogP contribution in [0.4, 0.5) is 0 Å². The van der Waals surface area contributed by atoms with Crippen molar-refractivity contribution in [2.75, 3.05) is 52.9 Å². The van der Waals surface area contributed by atoms with Gasteiger partial charge in [-0.15, -0.1) is 0 Å². The van der Waals surface area contributed by atoms with Gasteiger partial charge in [0.1, 0.15) is 0 Å². The maximum Gasteiger partial charge on any atom is -0.000664 e. The first-order valence-corrected chi connectivity index (χ1v) is 7.96. The smallest absolute Gasteiger partial charge is 0.000664 e. The average Bonchev–Trinajstić information content (AvgIpc) is 2.89.